The van der Waals surface area contributed by atoms with E-state index in [1.54, 1.807) is 0 Å². The van der Waals surface area contributed by atoms with Gasteiger partial charge in [0.25, 0.3) is 0 Å². The van der Waals surface area contributed by atoms with Gasteiger partial charge in [0, 0.05) is 0 Å². The number of rotatable bonds is 2. The number of hydrogen-bond acceptors (Lipinski definition) is 4. The van der Waals surface area contributed by atoms with E-state index in [2.05, 4.69) is 0 Å². The van der Waals surface area contributed by atoms with Crippen molar-refractivity contribution in [2.24, 2.45) is 58.2 Å². The molecule has 0 unspecified atom stereocenters. The van der Waals surface area contributed by atoms with Crippen LogP contribution in [0.1, 0.15) is 25.7 Å². The first-order chi connectivity index (χ1) is 10.7. The predicted octanol–water partition coefficient (Wildman–Crippen LogP) is 1.88. The van der Waals surface area contributed by atoms with Gasteiger partial charge in [-0.15, -0.1) is 0 Å². The molecule has 0 N–H and O–H groups in total. The Morgan fingerprint density at radius 3 is 1.55 bits per heavy atom. The van der Waals surface area contributed by atoms with Gasteiger partial charge in [0.15, 0.2) is 0 Å². The Bertz CT molecular complexity index is 575. The molecular formula is C18H22O4. The van der Waals surface area contributed by atoms with Gasteiger partial charge >= 0.3 is 11.9 Å². The topological polar surface area (TPSA) is 52.6 Å². The van der Waals surface area contributed by atoms with E-state index < -0.39 is 0 Å². The van der Waals surface area contributed by atoms with Crippen LogP contribution in [0.3, 0.4) is 0 Å². The van der Waals surface area contributed by atoms with Crippen molar-refractivity contribution in [3.05, 3.63) is 0 Å². The molecule has 0 saturated heterocycles. The van der Waals surface area contributed by atoms with Crippen molar-refractivity contribution in [1.29, 1.82) is 0 Å². The molecule has 22 heavy (non-hydrogen) atoms. The molecule has 0 aliphatic heterocycles. The third-order valence-corrected chi connectivity index (χ3v) is 9.27. The Hall–Kier alpha value is -1.06. The first-order valence-corrected chi connectivity index (χ1v) is 8.82. The first kappa shape index (κ1) is 12.4. The highest BCUT2D eigenvalue weighted by atomic mass is 16.5. The number of ether oxygens (including phenoxy) is 2. The number of carbonyl (C=O) groups excluding carboxylic acids is 2. The summed E-state index contributed by atoms with van der Waals surface area (Å²) in [6, 6.07) is 0. The van der Waals surface area contributed by atoms with Gasteiger partial charge in [-0.05, 0) is 59.2 Å². The molecule has 7 aliphatic carbocycles. The maximum atomic E-state index is 12.5. The average Bonchev–Trinajstić information content (AvgIpc) is 2.53. The van der Waals surface area contributed by atoms with Crippen LogP contribution in [-0.4, -0.2) is 26.2 Å². The van der Waals surface area contributed by atoms with Gasteiger partial charge in [-0.25, -0.2) is 0 Å². The van der Waals surface area contributed by atoms with Crippen LogP contribution in [-0.2, 0) is 19.1 Å². The summed E-state index contributed by atoms with van der Waals surface area (Å²) in [5.74, 6) is 3.27. The van der Waals surface area contributed by atoms with E-state index in [0.29, 0.717) is 22.7 Å². The zero-order valence-corrected chi connectivity index (χ0v) is 13.1. The second-order valence-corrected chi connectivity index (χ2v) is 8.64. The lowest BCUT2D eigenvalue weighted by molar-refractivity contribution is -0.583. The predicted molar refractivity (Wildman–Crippen MR) is 75.3 cm³/mol. The Morgan fingerprint density at radius 1 is 0.773 bits per heavy atom. The van der Waals surface area contributed by atoms with Gasteiger partial charge in [-0.3, -0.25) is 9.59 Å². The summed E-state index contributed by atoms with van der Waals surface area (Å²) in [4.78, 5) is 25.0. The van der Waals surface area contributed by atoms with Crippen molar-refractivity contribution in [2.45, 2.75) is 25.7 Å². The highest BCUT2D eigenvalue weighted by Gasteiger charge is 3.03. The van der Waals surface area contributed by atoms with Crippen LogP contribution >= 0.6 is 0 Å². The maximum Gasteiger partial charge on any atom is 0.309 e. The second kappa shape index (κ2) is 3.25. The van der Waals surface area contributed by atoms with Crippen molar-refractivity contribution in [2.75, 3.05) is 14.2 Å². The van der Waals surface area contributed by atoms with E-state index in [9.17, 15) is 9.59 Å². The summed E-state index contributed by atoms with van der Waals surface area (Å²) in [6.45, 7) is 0. The molecule has 0 radical (unpaired) electrons. The highest BCUT2D eigenvalue weighted by molar-refractivity contribution is 5.85. The number of carbonyl (C=O) groups is 2. The molecule has 0 aromatic heterocycles. The van der Waals surface area contributed by atoms with E-state index in [4.69, 9.17) is 9.47 Å². The summed E-state index contributed by atoms with van der Waals surface area (Å²) in [5.41, 5.74) is 0.812. The molecule has 7 fully saturated rings. The van der Waals surface area contributed by atoms with Crippen molar-refractivity contribution >= 4 is 11.9 Å². The minimum atomic E-state index is -0.229. The van der Waals surface area contributed by atoms with Crippen LogP contribution < -0.4 is 0 Å². The molecule has 4 heteroatoms. The zero-order chi connectivity index (χ0) is 15.0. The van der Waals surface area contributed by atoms with Gasteiger partial charge in [0.2, 0.25) is 0 Å². The van der Waals surface area contributed by atoms with E-state index in [-0.39, 0.29) is 23.8 Å². The summed E-state index contributed by atoms with van der Waals surface area (Å²) >= 11 is 0. The zero-order valence-electron chi connectivity index (χ0n) is 13.1. The van der Waals surface area contributed by atoms with E-state index in [1.165, 1.54) is 39.9 Å². The van der Waals surface area contributed by atoms with Crippen molar-refractivity contribution in [3.8, 4) is 0 Å². The van der Waals surface area contributed by atoms with E-state index in [0.717, 1.165) is 23.7 Å². The quantitative estimate of drug-likeness (QED) is 0.731. The smallest absolute Gasteiger partial charge is 0.309 e. The van der Waals surface area contributed by atoms with Crippen LogP contribution in [0.2, 0.25) is 0 Å². The fourth-order valence-corrected chi connectivity index (χ4v) is 9.50. The number of methoxy groups -OCH3 is 2. The molecule has 2 bridgehead atoms. The van der Waals surface area contributed by atoms with Gasteiger partial charge in [-0.2, -0.15) is 0 Å². The molecular weight excluding hydrogens is 280 g/mol. The Morgan fingerprint density at radius 2 is 1.18 bits per heavy atom. The summed E-state index contributed by atoms with van der Waals surface area (Å²) in [5, 5.41) is 0. The maximum absolute atomic E-state index is 12.5. The monoisotopic (exact) mass is 302 g/mol. The second-order valence-electron chi connectivity index (χ2n) is 8.64. The fourth-order valence-electron chi connectivity index (χ4n) is 9.50. The Balaban J connectivity index is 1.51. The third kappa shape index (κ3) is 0.771. The lowest BCUT2D eigenvalue weighted by Gasteiger charge is -3.04. The van der Waals surface area contributed by atoms with Crippen LogP contribution in [0.25, 0.3) is 0 Å². The van der Waals surface area contributed by atoms with E-state index in [1.807, 2.05) is 0 Å². The molecule has 7 aliphatic rings. The molecule has 0 amide bonds. The Labute approximate surface area is 129 Å². The van der Waals surface area contributed by atoms with Crippen molar-refractivity contribution in [3.63, 3.8) is 0 Å². The summed E-state index contributed by atoms with van der Waals surface area (Å²) in [7, 11) is 2.93. The standard InChI is InChI=1S/C18H22O4/c1-21-15(19)9-10(16(20)22-2)12-8-7-11(9)17-5-3-4-6-18(12,17)14(8)13(7)17/h7-14H,3-6H2,1-2H3/t7-,8+,9-,10+,11-,12-,13-,14+,17+,18+/m1/s1. The normalized spacial score (nSPS) is 63.9. The number of esters is 2. The Kier molecular flexibility index (Phi) is 1.83. The molecule has 7 rings (SSSR count). The van der Waals surface area contributed by atoms with Crippen LogP contribution in [0, 0.1) is 58.2 Å². The van der Waals surface area contributed by atoms with E-state index >= 15 is 0 Å². The first-order valence-electron chi connectivity index (χ1n) is 8.82. The largest absolute Gasteiger partial charge is 0.469 e. The summed E-state index contributed by atoms with van der Waals surface area (Å²) < 4.78 is 10.2. The van der Waals surface area contributed by atoms with Crippen LogP contribution in [0.5, 0.6) is 0 Å². The van der Waals surface area contributed by atoms with Gasteiger partial charge in [0.05, 0.1) is 26.1 Å². The fraction of sp³-hybridized carbons (Fsp3) is 0.889. The highest BCUT2D eigenvalue weighted by Crippen LogP contribution is 3.05. The lowest BCUT2D eigenvalue weighted by Crippen LogP contribution is -3.02. The molecule has 4 nitrogen and oxygen atoms in total. The van der Waals surface area contributed by atoms with Crippen molar-refractivity contribution < 1.29 is 19.1 Å². The average molecular weight is 302 g/mol. The van der Waals surface area contributed by atoms with Crippen LogP contribution in [0.4, 0.5) is 0 Å². The number of hydrogen-bond donors (Lipinski definition) is 0. The molecule has 118 valence electrons. The molecule has 10 atom stereocenters. The molecule has 7 saturated carbocycles. The van der Waals surface area contributed by atoms with Gasteiger partial charge in [-0.1, -0.05) is 12.8 Å². The third-order valence-electron chi connectivity index (χ3n) is 9.27. The molecule has 0 heterocycles. The number of fused-ring (bicyclic) bond motifs is 1. The molecule has 2 spiro atoms. The SMILES string of the molecule is COC(=O)[C@@H]1[C@H](C(=O)OC)[C@H]2[C@@H]3[C@H]4[C@@H]5[C@H]3[C@]23CCCC[C@]53[C@@H]14. The lowest BCUT2D eigenvalue weighted by atomic mass is 8.99. The minimum absolute atomic E-state index is 0.161. The van der Waals surface area contributed by atoms with Gasteiger partial charge in [0.1, 0.15) is 0 Å². The summed E-state index contributed by atoms with van der Waals surface area (Å²) in [6.07, 6.45) is 5.20. The van der Waals surface area contributed by atoms with Crippen LogP contribution in [0.15, 0.2) is 0 Å². The molecule has 0 aromatic rings. The molecule has 0 aromatic carbocycles. The minimum Gasteiger partial charge on any atom is -0.469 e. The van der Waals surface area contributed by atoms with Gasteiger partial charge < -0.3 is 9.47 Å². The van der Waals surface area contributed by atoms with Crippen molar-refractivity contribution in [1.82, 2.24) is 0 Å².